The normalized spacial score (nSPS) is 35.4. The largest absolute Gasteiger partial charge is 0.432 e. The topological polar surface area (TPSA) is 87.0 Å². The molecule has 0 unspecified atom stereocenters. The monoisotopic (exact) mass is 348 g/mol. The molecule has 0 aromatic carbocycles. The van der Waals surface area contributed by atoms with Crippen LogP contribution in [0.2, 0.25) is 0 Å². The molecule has 5 nitrogen and oxygen atoms in total. The van der Waals surface area contributed by atoms with Crippen molar-refractivity contribution in [1.82, 2.24) is 0 Å². The van der Waals surface area contributed by atoms with Crippen molar-refractivity contribution in [2.24, 2.45) is 11.8 Å². The summed E-state index contributed by atoms with van der Waals surface area (Å²) in [5.74, 6) is -1.25. The molecule has 1 fully saturated rings. The van der Waals surface area contributed by atoms with Gasteiger partial charge in [0, 0.05) is 17.4 Å². The van der Waals surface area contributed by atoms with Crippen molar-refractivity contribution in [3.63, 3.8) is 0 Å². The van der Waals surface area contributed by atoms with Gasteiger partial charge in [-0.2, -0.15) is 0 Å². The molecule has 0 amide bonds. The number of esters is 1. The van der Waals surface area contributed by atoms with Crippen molar-refractivity contribution in [3.05, 3.63) is 47.6 Å². The Morgan fingerprint density at radius 1 is 1.36 bits per heavy atom. The quantitative estimate of drug-likeness (QED) is 0.405. The van der Waals surface area contributed by atoms with Crippen LogP contribution in [0.15, 0.2) is 47.6 Å². The molecule has 4 atom stereocenters. The van der Waals surface area contributed by atoms with E-state index in [-0.39, 0.29) is 5.92 Å². The molecule has 0 bridgehead atoms. The molecule has 1 saturated heterocycles. The number of rotatable bonds is 2. The van der Waals surface area contributed by atoms with Crippen molar-refractivity contribution < 1.29 is 24.9 Å². The van der Waals surface area contributed by atoms with Crippen LogP contribution < -0.4 is 0 Å². The lowest BCUT2D eigenvalue weighted by Crippen LogP contribution is -2.42. The minimum Gasteiger partial charge on any atom is -0.432 e. The Labute approximate surface area is 149 Å². The van der Waals surface area contributed by atoms with E-state index in [1.54, 1.807) is 38.2 Å². The highest BCUT2D eigenvalue weighted by Crippen LogP contribution is 2.41. The smallest absolute Gasteiger partial charge is 0.336 e. The molecule has 2 rings (SSSR count). The van der Waals surface area contributed by atoms with Crippen molar-refractivity contribution in [3.8, 4) is 0 Å². The molecule has 1 aliphatic heterocycles. The second-order valence-electron chi connectivity index (χ2n) is 7.54. The molecule has 0 saturated carbocycles. The molecule has 138 valence electrons. The van der Waals surface area contributed by atoms with Crippen molar-refractivity contribution in [2.45, 2.75) is 58.0 Å². The first kappa shape index (κ1) is 19.6. The molecule has 0 radical (unpaired) electrons. The van der Waals surface area contributed by atoms with Crippen LogP contribution in [-0.2, 0) is 9.53 Å². The van der Waals surface area contributed by atoms with E-state index < -0.39 is 29.9 Å². The molecule has 0 aromatic heterocycles. The summed E-state index contributed by atoms with van der Waals surface area (Å²) >= 11 is 0. The molecule has 25 heavy (non-hydrogen) atoms. The lowest BCUT2D eigenvalue weighted by atomic mass is 9.75. The zero-order chi connectivity index (χ0) is 18.8. The molecule has 3 N–H and O–H groups in total. The van der Waals surface area contributed by atoms with Gasteiger partial charge < -0.3 is 20.1 Å². The summed E-state index contributed by atoms with van der Waals surface area (Å²) in [4.78, 5) is 12.3. The van der Waals surface area contributed by atoms with Crippen LogP contribution in [0.3, 0.4) is 0 Å². The highest BCUT2D eigenvalue weighted by atomic mass is 16.6. The molecular weight excluding hydrogens is 320 g/mol. The van der Waals surface area contributed by atoms with E-state index in [2.05, 4.69) is 6.58 Å². The number of allylic oxidation sites excluding steroid dienone is 3. The van der Waals surface area contributed by atoms with Crippen LogP contribution >= 0.6 is 0 Å². The van der Waals surface area contributed by atoms with E-state index in [0.717, 1.165) is 5.57 Å². The van der Waals surface area contributed by atoms with E-state index in [1.807, 2.05) is 6.92 Å². The van der Waals surface area contributed by atoms with Crippen molar-refractivity contribution in [2.75, 3.05) is 0 Å². The predicted molar refractivity (Wildman–Crippen MR) is 95.4 cm³/mol. The zero-order valence-electron chi connectivity index (χ0n) is 15.1. The van der Waals surface area contributed by atoms with Crippen LogP contribution in [0.5, 0.6) is 0 Å². The van der Waals surface area contributed by atoms with Gasteiger partial charge in [0.2, 0.25) is 6.29 Å². The highest BCUT2D eigenvalue weighted by molar-refractivity contribution is 5.90. The maximum Gasteiger partial charge on any atom is 0.336 e. The highest BCUT2D eigenvalue weighted by Gasteiger charge is 2.42. The summed E-state index contributed by atoms with van der Waals surface area (Å²) in [6.07, 6.45) is 6.43. The number of hydrogen-bond donors (Lipinski definition) is 3. The minimum atomic E-state index is -1.26. The Bertz CT molecular complexity index is 620. The third-order valence-electron chi connectivity index (χ3n) is 4.65. The first-order chi connectivity index (χ1) is 11.6. The molecule has 1 aliphatic carbocycles. The summed E-state index contributed by atoms with van der Waals surface area (Å²) in [6.45, 7) is 9.25. The van der Waals surface area contributed by atoms with E-state index in [0.29, 0.717) is 30.4 Å². The summed E-state index contributed by atoms with van der Waals surface area (Å²) < 4.78 is 5.11. The molecule has 2 aliphatic rings. The Morgan fingerprint density at radius 3 is 2.68 bits per heavy atom. The summed E-state index contributed by atoms with van der Waals surface area (Å²) in [6, 6.07) is 0. The van der Waals surface area contributed by atoms with Gasteiger partial charge in [-0.15, -0.1) is 0 Å². The van der Waals surface area contributed by atoms with Crippen molar-refractivity contribution in [1.29, 1.82) is 0 Å². The summed E-state index contributed by atoms with van der Waals surface area (Å²) in [5.41, 5.74) is 1.18. The first-order valence-corrected chi connectivity index (χ1v) is 8.62. The lowest BCUT2D eigenvalue weighted by Gasteiger charge is -2.37. The molecule has 0 aromatic rings. The van der Waals surface area contributed by atoms with Crippen LogP contribution in [0.4, 0.5) is 0 Å². The SMILES string of the molecule is C=C1C[C@@H](O)/C=C(\C)CC[C@@H]2/C(=C/C=C/C(C)(C)O)C(=O)O[C@H](O)[C@@H]12. The maximum absolute atomic E-state index is 12.3. The molecule has 0 spiro atoms. The summed E-state index contributed by atoms with van der Waals surface area (Å²) in [7, 11) is 0. The van der Waals surface area contributed by atoms with Gasteiger partial charge in [0.15, 0.2) is 0 Å². The first-order valence-electron chi connectivity index (χ1n) is 8.62. The van der Waals surface area contributed by atoms with Gasteiger partial charge in [0.25, 0.3) is 0 Å². The van der Waals surface area contributed by atoms with Gasteiger partial charge in [-0.25, -0.2) is 4.79 Å². The molecular formula is C20H28O5. The standard InChI is InChI=1S/C20H28O5/c1-12-7-8-15-16(6-5-9-20(3,4)24)18(22)25-19(23)17(15)13(2)11-14(21)10-12/h5-6,9-10,14-15,17,19,21,23-24H,2,7-8,11H2,1,3-4H3/b9-5+,12-10+,16-6-/t14-,15+,17-,19-/m0/s1. The molecule has 1 heterocycles. The second-order valence-corrected chi connectivity index (χ2v) is 7.54. The average Bonchev–Trinajstić information content (AvgIpc) is 2.50. The van der Waals surface area contributed by atoms with Gasteiger partial charge >= 0.3 is 5.97 Å². The Kier molecular flexibility index (Phi) is 6.03. The maximum atomic E-state index is 12.3. The van der Waals surface area contributed by atoms with Crippen LogP contribution in [0, 0.1) is 11.8 Å². The molecule has 5 heteroatoms. The Morgan fingerprint density at radius 2 is 2.04 bits per heavy atom. The third-order valence-corrected chi connectivity index (χ3v) is 4.65. The summed E-state index contributed by atoms with van der Waals surface area (Å²) in [5, 5.41) is 30.2. The predicted octanol–water partition coefficient (Wildman–Crippen LogP) is 2.39. The second kappa shape index (κ2) is 7.68. The fourth-order valence-electron chi connectivity index (χ4n) is 3.45. The van der Waals surface area contributed by atoms with Gasteiger partial charge in [0.05, 0.1) is 11.7 Å². The number of ether oxygens (including phenoxy) is 1. The zero-order valence-corrected chi connectivity index (χ0v) is 15.1. The number of carbonyl (C=O) groups excluding carboxylic acids is 1. The Hall–Kier alpha value is -1.69. The Balaban J connectivity index is 2.39. The van der Waals surface area contributed by atoms with Gasteiger partial charge in [-0.1, -0.05) is 42.0 Å². The van der Waals surface area contributed by atoms with E-state index in [4.69, 9.17) is 4.74 Å². The fraction of sp³-hybridized carbons (Fsp3) is 0.550. The number of carbonyl (C=O) groups is 1. The van der Waals surface area contributed by atoms with Crippen LogP contribution in [-0.4, -0.2) is 39.3 Å². The number of cyclic esters (lactones) is 1. The number of fused-ring (bicyclic) bond motifs is 1. The third kappa shape index (κ3) is 5.14. The minimum absolute atomic E-state index is 0.246. The fourth-order valence-corrected chi connectivity index (χ4v) is 3.45. The number of hydrogen-bond acceptors (Lipinski definition) is 5. The van der Waals surface area contributed by atoms with E-state index in [1.165, 1.54) is 0 Å². The number of aliphatic hydroxyl groups excluding tert-OH is 2. The van der Waals surface area contributed by atoms with Gasteiger partial charge in [0.1, 0.15) is 0 Å². The van der Waals surface area contributed by atoms with Gasteiger partial charge in [-0.3, -0.25) is 0 Å². The number of aliphatic hydroxyl groups is 3. The average molecular weight is 348 g/mol. The van der Waals surface area contributed by atoms with Crippen LogP contribution in [0.25, 0.3) is 0 Å². The van der Waals surface area contributed by atoms with E-state index >= 15 is 0 Å². The van der Waals surface area contributed by atoms with Crippen molar-refractivity contribution >= 4 is 5.97 Å². The van der Waals surface area contributed by atoms with E-state index in [9.17, 15) is 20.1 Å². The lowest BCUT2D eigenvalue weighted by molar-refractivity contribution is -0.182. The van der Waals surface area contributed by atoms with Gasteiger partial charge in [-0.05, 0) is 40.0 Å². The van der Waals surface area contributed by atoms with Crippen LogP contribution in [0.1, 0.15) is 40.0 Å².